The number of carboxylic acids is 1. The third-order valence-corrected chi connectivity index (χ3v) is 4.92. The molecule has 0 aliphatic heterocycles. The van der Waals surface area contributed by atoms with Crippen molar-refractivity contribution in [3.8, 4) is 22.7 Å². The predicted molar refractivity (Wildman–Crippen MR) is 91.7 cm³/mol. The Hall–Kier alpha value is -2.00. The molecule has 0 fully saturated rings. The van der Waals surface area contributed by atoms with Gasteiger partial charge in [-0.25, -0.2) is 13.4 Å². The van der Waals surface area contributed by atoms with E-state index >= 15 is 0 Å². The van der Waals surface area contributed by atoms with Crippen molar-refractivity contribution in [1.82, 2.24) is 9.97 Å². The Kier molecular flexibility index (Phi) is 6.59. The summed E-state index contributed by atoms with van der Waals surface area (Å²) in [6, 6.07) is 9.94. The quantitative estimate of drug-likeness (QED) is 0.480. The maximum Gasteiger partial charge on any atom is 1.00 e. The number of aliphatic carboxylic acids is 1. The van der Waals surface area contributed by atoms with Gasteiger partial charge in [-0.1, -0.05) is 12.1 Å². The smallest absolute Gasteiger partial charge is 0.550 e. The van der Waals surface area contributed by atoms with Crippen LogP contribution in [0.4, 0.5) is 0 Å². The Balaban J connectivity index is 0.00000261. The molecule has 0 radical (unpaired) electrons. The summed E-state index contributed by atoms with van der Waals surface area (Å²) >= 11 is 0. The van der Waals surface area contributed by atoms with Crippen LogP contribution in [0.1, 0.15) is 11.5 Å². The minimum Gasteiger partial charge on any atom is -0.550 e. The molecular formula is C18H15N2NaO5S. The van der Waals surface area contributed by atoms with Crippen molar-refractivity contribution in [2.45, 2.75) is 18.2 Å². The van der Waals surface area contributed by atoms with Crippen molar-refractivity contribution in [2.75, 3.05) is 6.26 Å². The number of benzene rings is 1. The third-order valence-electron chi connectivity index (χ3n) is 3.79. The fraction of sp³-hybridized carbons (Fsp3) is 0.167. The van der Waals surface area contributed by atoms with Crippen LogP contribution >= 0.6 is 0 Å². The average Bonchev–Trinajstić information content (AvgIpc) is 2.94. The fourth-order valence-electron chi connectivity index (χ4n) is 2.42. The summed E-state index contributed by atoms with van der Waals surface area (Å²) in [4.78, 5) is 19.5. The number of carbonyl (C=O) groups is 1. The Morgan fingerprint density at radius 2 is 1.74 bits per heavy atom. The number of sulfone groups is 1. The molecule has 0 spiro atoms. The molecule has 7 nitrogen and oxygen atoms in total. The summed E-state index contributed by atoms with van der Waals surface area (Å²) in [7, 11) is -3.24. The van der Waals surface area contributed by atoms with E-state index in [4.69, 9.17) is 4.42 Å². The third kappa shape index (κ3) is 5.04. The van der Waals surface area contributed by atoms with Gasteiger partial charge in [-0.2, -0.15) is 0 Å². The molecule has 0 saturated carbocycles. The molecule has 0 atom stereocenters. The Labute approximate surface area is 178 Å². The van der Waals surface area contributed by atoms with Gasteiger partial charge in [-0.15, -0.1) is 0 Å². The monoisotopic (exact) mass is 394 g/mol. The average molecular weight is 394 g/mol. The maximum absolute atomic E-state index is 11.5. The molecule has 9 heteroatoms. The van der Waals surface area contributed by atoms with Gasteiger partial charge in [0.05, 0.1) is 21.8 Å². The van der Waals surface area contributed by atoms with E-state index in [-0.39, 0.29) is 46.8 Å². The second-order valence-electron chi connectivity index (χ2n) is 5.80. The standard InChI is InChI=1S/C18H16N2O5S.Na/c1-11-16(9-17(21)22)20-18(25-11)13-5-8-15(19-10-13)12-3-6-14(7-4-12)26(2,23)24;/h3-8,10H,9H2,1-2H3,(H,21,22);/q;+1/p-1. The van der Waals surface area contributed by atoms with Crippen molar-refractivity contribution in [2.24, 2.45) is 0 Å². The normalized spacial score (nSPS) is 11.0. The van der Waals surface area contributed by atoms with Crippen LogP contribution in [-0.2, 0) is 21.1 Å². The Morgan fingerprint density at radius 3 is 2.26 bits per heavy atom. The van der Waals surface area contributed by atoms with E-state index in [2.05, 4.69) is 9.97 Å². The molecule has 2 heterocycles. The van der Waals surface area contributed by atoms with Crippen LogP contribution in [0.5, 0.6) is 0 Å². The first-order chi connectivity index (χ1) is 12.2. The molecule has 0 bridgehead atoms. The SMILES string of the molecule is Cc1oc(-c2ccc(-c3ccc(S(C)(=O)=O)cc3)nc2)nc1CC(=O)[O-].[Na+]. The second kappa shape index (κ2) is 8.35. The van der Waals surface area contributed by atoms with Crippen LogP contribution in [0.3, 0.4) is 0 Å². The van der Waals surface area contributed by atoms with E-state index in [9.17, 15) is 18.3 Å². The zero-order valence-corrected chi connectivity index (χ0v) is 17.9. The zero-order valence-electron chi connectivity index (χ0n) is 15.1. The Bertz CT molecular complexity index is 1060. The van der Waals surface area contributed by atoms with Crippen LogP contribution in [0.25, 0.3) is 22.7 Å². The molecule has 0 N–H and O–H groups in total. The molecule has 0 amide bonds. The number of nitrogens with zero attached hydrogens (tertiary/aromatic N) is 2. The summed E-state index contributed by atoms with van der Waals surface area (Å²) in [6.45, 7) is 1.64. The molecule has 0 saturated heterocycles. The molecule has 134 valence electrons. The van der Waals surface area contributed by atoms with Crippen molar-refractivity contribution in [1.29, 1.82) is 0 Å². The molecule has 2 aromatic heterocycles. The fourth-order valence-corrected chi connectivity index (χ4v) is 3.05. The number of aromatic nitrogens is 2. The first-order valence-corrected chi connectivity index (χ1v) is 9.56. The van der Waals surface area contributed by atoms with Crippen LogP contribution in [-0.4, -0.2) is 30.6 Å². The first-order valence-electron chi connectivity index (χ1n) is 7.67. The topological polar surface area (TPSA) is 113 Å². The largest absolute Gasteiger partial charge is 1.00 e. The minimum absolute atomic E-state index is 0. The number of hydrogen-bond donors (Lipinski definition) is 0. The first kappa shape index (κ1) is 21.3. The van der Waals surface area contributed by atoms with E-state index in [1.165, 1.54) is 12.1 Å². The molecular weight excluding hydrogens is 379 g/mol. The molecule has 0 aliphatic carbocycles. The van der Waals surface area contributed by atoms with Gasteiger partial charge in [0.1, 0.15) is 5.76 Å². The van der Waals surface area contributed by atoms with E-state index in [0.29, 0.717) is 22.7 Å². The number of hydrogen-bond acceptors (Lipinski definition) is 7. The van der Waals surface area contributed by atoms with Gasteiger partial charge in [-0.3, -0.25) is 4.98 Å². The number of pyridine rings is 1. The summed E-state index contributed by atoms with van der Waals surface area (Å²) in [5, 5.41) is 10.7. The van der Waals surface area contributed by atoms with Gasteiger partial charge in [0, 0.05) is 30.4 Å². The summed E-state index contributed by atoms with van der Waals surface area (Å²) in [5.74, 6) is -0.520. The van der Waals surface area contributed by atoms with Crippen LogP contribution in [0.15, 0.2) is 51.9 Å². The van der Waals surface area contributed by atoms with Crippen molar-refractivity contribution < 1.29 is 52.3 Å². The van der Waals surface area contributed by atoms with Crippen LogP contribution in [0, 0.1) is 6.92 Å². The van der Waals surface area contributed by atoms with Crippen LogP contribution < -0.4 is 34.7 Å². The molecule has 0 unspecified atom stereocenters. The Morgan fingerprint density at radius 1 is 1.11 bits per heavy atom. The molecule has 27 heavy (non-hydrogen) atoms. The number of carboxylic acid groups (broad SMARTS) is 1. The van der Waals surface area contributed by atoms with Gasteiger partial charge < -0.3 is 14.3 Å². The van der Waals surface area contributed by atoms with E-state index < -0.39 is 15.8 Å². The summed E-state index contributed by atoms with van der Waals surface area (Å²) in [6.07, 6.45) is 2.41. The molecule has 0 aliphatic rings. The zero-order chi connectivity index (χ0) is 18.9. The summed E-state index contributed by atoms with van der Waals surface area (Å²) < 4.78 is 28.5. The van der Waals surface area contributed by atoms with E-state index in [0.717, 1.165) is 11.8 Å². The van der Waals surface area contributed by atoms with Crippen molar-refractivity contribution in [3.63, 3.8) is 0 Å². The van der Waals surface area contributed by atoms with Crippen molar-refractivity contribution in [3.05, 3.63) is 54.0 Å². The second-order valence-corrected chi connectivity index (χ2v) is 7.82. The van der Waals surface area contributed by atoms with Crippen LogP contribution in [0.2, 0.25) is 0 Å². The maximum atomic E-state index is 11.5. The molecule has 1 aromatic carbocycles. The van der Waals surface area contributed by atoms with Gasteiger partial charge in [0.25, 0.3) is 0 Å². The van der Waals surface area contributed by atoms with Gasteiger partial charge >= 0.3 is 29.6 Å². The van der Waals surface area contributed by atoms with E-state index in [1.807, 2.05) is 0 Å². The predicted octanol–water partition coefficient (Wildman–Crippen LogP) is -1.59. The van der Waals surface area contributed by atoms with E-state index in [1.54, 1.807) is 37.4 Å². The number of aryl methyl sites for hydroxylation is 1. The van der Waals surface area contributed by atoms with Gasteiger partial charge in [-0.05, 0) is 31.2 Å². The van der Waals surface area contributed by atoms with Gasteiger partial charge in [0.2, 0.25) is 5.89 Å². The number of oxazole rings is 1. The number of carbonyl (C=O) groups excluding carboxylic acids is 1. The summed E-state index contributed by atoms with van der Waals surface area (Å²) in [5.41, 5.74) is 2.35. The number of rotatable bonds is 5. The molecule has 3 rings (SSSR count). The van der Waals surface area contributed by atoms with Gasteiger partial charge in [0.15, 0.2) is 9.84 Å². The van der Waals surface area contributed by atoms with Crippen molar-refractivity contribution >= 4 is 15.8 Å². The molecule has 3 aromatic rings. The minimum atomic E-state index is -3.24.